The van der Waals surface area contributed by atoms with E-state index < -0.39 is 6.04 Å². The molecule has 3 rings (SSSR count). The van der Waals surface area contributed by atoms with Gasteiger partial charge in [-0.05, 0) is 6.07 Å². The van der Waals surface area contributed by atoms with Crippen molar-refractivity contribution in [2.24, 2.45) is 0 Å². The number of H-pyrrole nitrogens is 1. The number of aromatic amines is 1. The van der Waals surface area contributed by atoms with Crippen molar-refractivity contribution >= 4 is 23.2 Å². The Hall–Kier alpha value is -2.30. The van der Waals surface area contributed by atoms with E-state index >= 15 is 0 Å². The fraction of sp³-hybridized carbons (Fsp3) is 0.231. The number of hydrogen-bond donors (Lipinski definition) is 2. The monoisotopic (exact) mass is 243 g/mol. The van der Waals surface area contributed by atoms with Crippen LogP contribution in [0, 0.1) is 0 Å². The van der Waals surface area contributed by atoms with Gasteiger partial charge < -0.3 is 15.2 Å². The van der Waals surface area contributed by atoms with Crippen LogP contribution in [-0.2, 0) is 9.59 Å². The molecule has 1 aromatic carbocycles. The molecular formula is C13H13N3O2. The van der Waals surface area contributed by atoms with Crippen LogP contribution in [0.25, 0.3) is 10.9 Å². The quantitative estimate of drug-likeness (QED) is 0.766. The molecule has 2 aromatic rings. The van der Waals surface area contributed by atoms with Crippen LogP contribution in [0.4, 0.5) is 0 Å². The van der Waals surface area contributed by atoms with Gasteiger partial charge >= 0.3 is 0 Å². The third-order valence-electron chi connectivity index (χ3n) is 3.30. The van der Waals surface area contributed by atoms with Crippen LogP contribution in [0.2, 0.25) is 0 Å². The number of piperazine rings is 1. The van der Waals surface area contributed by atoms with Crippen molar-refractivity contribution in [1.82, 2.24) is 15.2 Å². The summed E-state index contributed by atoms with van der Waals surface area (Å²) >= 11 is 0. The Morgan fingerprint density at radius 1 is 1.33 bits per heavy atom. The van der Waals surface area contributed by atoms with Gasteiger partial charge in [0.05, 0.1) is 0 Å². The van der Waals surface area contributed by atoms with Gasteiger partial charge in [0.25, 0.3) is 0 Å². The summed E-state index contributed by atoms with van der Waals surface area (Å²) in [7, 11) is 0. The van der Waals surface area contributed by atoms with Crippen molar-refractivity contribution in [3.8, 4) is 0 Å². The van der Waals surface area contributed by atoms with Gasteiger partial charge in [-0.2, -0.15) is 0 Å². The minimum atomic E-state index is -0.535. The largest absolute Gasteiger partial charge is 0.361 e. The number of amides is 2. The predicted octanol–water partition coefficient (Wildman–Crippen LogP) is 0.797. The molecule has 0 saturated carbocycles. The molecule has 5 heteroatoms. The summed E-state index contributed by atoms with van der Waals surface area (Å²) in [5.74, 6) is -0.127. The molecule has 1 aromatic heterocycles. The van der Waals surface area contributed by atoms with Gasteiger partial charge in [-0.3, -0.25) is 9.59 Å². The summed E-state index contributed by atoms with van der Waals surface area (Å²) in [6.45, 7) is 1.05. The minimum Gasteiger partial charge on any atom is -0.361 e. The number of carbonyl (C=O) groups excluding carboxylic acids is 2. The topological polar surface area (TPSA) is 65.2 Å². The number of hydrogen-bond acceptors (Lipinski definition) is 2. The Bertz CT molecular complexity index is 605. The van der Waals surface area contributed by atoms with Crippen molar-refractivity contribution in [3.63, 3.8) is 0 Å². The zero-order valence-corrected chi connectivity index (χ0v) is 9.72. The van der Waals surface area contributed by atoms with Gasteiger partial charge in [0.1, 0.15) is 6.04 Å². The highest BCUT2D eigenvalue weighted by Gasteiger charge is 2.31. The van der Waals surface area contributed by atoms with E-state index in [1.54, 1.807) is 6.20 Å². The molecule has 5 nitrogen and oxygen atoms in total. The molecule has 0 unspecified atom stereocenters. The van der Waals surface area contributed by atoms with Crippen LogP contribution >= 0.6 is 0 Å². The van der Waals surface area contributed by atoms with E-state index in [0.29, 0.717) is 13.1 Å². The number of nitrogens with zero attached hydrogens (tertiary/aromatic N) is 1. The van der Waals surface area contributed by atoms with Crippen LogP contribution in [0.5, 0.6) is 0 Å². The maximum Gasteiger partial charge on any atom is 0.247 e. The van der Waals surface area contributed by atoms with Crippen molar-refractivity contribution in [1.29, 1.82) is 0 Å². The molecule has 1 fully saturated rings. The zero-order valence-electron chi connectivity index (χ0n) is 9.72. The molecule has 2 N–H and O–H groups in total. The zero-order chi connectivity index (χ0) is 12.5. The van der Waals surface area contributed by atoms with Gasteiger partial charge in [0.2, 0.25) is 12.3 Å². The first-order chi connectivity index (χ1) is 8.81. The highest BCUT2D eigenvalue weighted by atomic mass is 16.2. The number of nitrogens with one attached hydrogen (secondary N) is 2. The number of rotatable bonds is 2. The van der Waals surface area contributed by atoms with E-state index in [4.69, 9.17) is 0 Å². The molecule has 2 heterocycles. The summed E-state index contributed by atoms with van der Waals surface area (Å²) < 4.78 is 0. The molecule has 0 radical (unpaired) electrons. The molecule has 1 aliphatic heterocycles. The van der Waals surface area contributed by atoms with Crippen molar-refractivity contribution in [2.45, 2.75) is 6.04 Å². The lowest BCUT2D eigenvalue weighted by Crippen LogP contribution is -2.49. The molecule has 18 heavy (non-hydrogen) atoms. The van der Waals surface area contributed by atoms with Crippen LogP contribution in [-0.4, -0.2) is 35.3 Å². The fourth-order valence-electron chi connectivity index (χ4n) is 2.44. The fourth-order valence-corrected chi connectivity index (χ4v) is 2.44. The van der Waals surface area contributed by atoms with Gasteiger partial charge in [-0.25, -0.2) is 0 Å². The maximum atomic E-state index is 12.0. The molecule has 0 spiro atoms. The summed E-state index contributed by atoms with van der Waals surface area (Å²) in [5.41, 5.74) is 1.81. The molecule has 0 aliphatic carbocycles. The van der Waals surface area contributed by atoms with E-state index in [1.807, 2.05) is 24.3 Å². The second kappa shape index (κ2) is 4.18. The van der Waals surface area contributed by atoms with E-state index in [1.165, 1.54) is 4.90 Å². The van der Waals surface area contributed by atoms with Gasteiger partial charge in [-0.15, -0.1) is 0 Å². The normalized spacial score (nSPS) is 19.9. The average Bonchev–Trinajstić information content (AvgIpc) is 2.82. The van der Waals surface area contributed by atoms with Crippen LogP contribution in [0.3, 0.4) is 0 Å². The molecule has 1 atom stereocenters. The number of benzene rings is 1. The SMILES string of the molecule is O=CN1CCNC(=O)[C@H]1c1c[nH]c2ccccc12. The molecule has 2 amide bonds. The minimum absolute atomic E-state index is 0.127. The first-order valence-corrected chi connectivity index (χ1v) is 5.86. The molecule has 1 aliphatic rings. The van der Waals surface area contributed by atoms with Gasteiger partial charge in [0, 0.05) is 35.8 Å². The standard InChI is InChI=1S/C13H13N3O2/c17-8-16-6-5-14-13(18)12(16)10-7-15-11-4-2-1-3-9(10)11/h1-4,7-8,12,15H,5-6H2,(H,14,18)/t12-/m1/s1. The molecule has 0 bridgehead atoms. The molecule has 92 valence electrons. The smallest absolute Gasteiger partial charge is 0.247 e. The Labute approximate surface area is 104 Å². The van der Waals surface area contributed by atoms with Crippen LogP contribution in [0.1, 0.15) is 11.6 Å². The third kappa shape index (κ3) is 1.55. The molecule has 1 saturated heterocycles. The predicted molar refractivity (Wildman–Crippen MR) is 66.8 cm³/mol. The average molecular weight is 243 g/mol. The second-order valence-corrected chi connectivity index (χ2v) is 4.33. The lowest BCUT2D eigenvalue weighted by molar-refractivity contribution is -0.136. The lowest BCUT2D eigenvalue weighted by Gasteiger charge is -2.31. The lowest BCUT2D eigenvalue weighted by atomic mass is 10.0. The van der Waals surface area contributed by atoms with Crippen LogP contribution < -0.4 is 5.32 Å². The second-order valence-electron chi connectivity index (χ2n) is 4.33. The third-order valence-corrected chi connectivity index (χ3v) is 3.30. The first-order valence-electron chi connectivity index (χ1n) is 5.86. The Balaban J connectivity index is 2.11. The van der Waals surface area contributed by atoms with E-state index in [0.717, 1.165) is 22.9 Å². The van der Waals surface area contributed by atoms with E-state index in [9.17, 15) is 9.59 Å². The van der Waals surface area contributed by atoms with Gasteiger partial charge in [0.15, 0.2) is 0 Å². The number of aromatic nitrogens is 1. The van der Waals surface area contributed by atoms with E-state index in [-0.39, 0.29) is 5.91 Å². The highest BCUT2D eigenvalue weighted by Crippen LogP contribution is 2.28. The Morgan fingerprint density at radius 2 is 2.17 bits per heavy atom. The first kappa shape index (κ1) is 10.8. The summed E-state index contributed by atoms with van der Waals surface area (Å²) in [5, 5.41) is 3.77. The number of fused-ring (bicyclic) bond motifs is 1. The van der Waals surface area contributed by atoms with Crippen molar-refractivity contribution in [3.05, 3.63) is 36.0 Å². The Morgan fingerprint density at radius 3 is 3.00 bits per heavy atom. The molecular weight excluding hydrogens is 230 g/mol. The maximum absolute atomic E-state index is 12.0. The Kier molecular flexibility index (Phi) is 2.51. The van der Waals surface area contributed by atoms with Crippen molar-refractivity contribution < 1.29 is 9.59 Å². The summed E-state index contributed by atoms with van der Waals surface area (Å²) in [6.07, 6.45) is 2.54. The number of carbonyl (C=O) groups is 2. The number of para-hydroxylation sites is 1. The van der Waals surface area contributed by atoms with Gasteiger partial charge in [-0.1, -0.05) is 18.2 Å². The van der Waals surface area contributed by atoms with E-state index in [2.05, 4.69) is 10.3 Å². The summed E-state index contributed by atoms with van der Waals surface area (Å²) in [6, 6.07) is 7.22. The van der Waals surface area contributed by atoms with Crippen molar-refractivity contribution in [2.75, 3.05) is 13.1 Å². The highest BCUT2D eigenvalue weighted by molar-refractivity contribution is 5.93. The van der Waals surface area contributed by atoms with Crippen LogP contribution in [0.15, 0.2) is 30.5 Å². The summed E-state index contributed by atoms with van der Waals surface area (Å²) in [4.78, 5) is 27.7.